The first-order valence-corrected chi connectivity index (χ1v) is 8.63. The molecule has 0 spiro atoms. The fourth-order valence-electron chi connectivity index (χ4n) is 2.43. The standard InChI is InChI=1S/C21H22ClNO3/c1-15-7-9-18(16(2)11-15)13-23(3)20(24)14-26-21(25)10-8-17-5-4-6-19(22)12-17/h4-12H,13-14H2,1-3H3/b10-8+. The minimum absolute atomic E-state index is 0.255. The highest BCUT2D eigenvalue weighted by atomic mass is 35.5. The highest BCUT2D eigenvalue weighted by Crippen LogP contribution is 2.13. The molecule has 0 aliphatic rings. The zero-order valence-corrected chi connectivity index (χ0v) is 15.9. The summed E-state index contributed by atoms with van der Waals surface area (Å²) < 4.78 is 5.01. The van der Waals surface area contributed by atoms with E-state index in [1.807, 2.05) is 32.0 Å². The molecule has 0 aromatic heterocycles. The van der Waals surface area contributed by atoms with E-state index in [2.05, 4.69) is 6.07 Å². The van der Waals surface area contributed by atoms with Crippen LogP contribution in [0.3, 0.4) is 0 Å². The van der Waals surface area contributed by atoms with Gasteiger partial charge >= 0.3 is 5.97 Å². The number of esters is 1. The maximum Gasteiger partial charge on any atom is 0.331 e. The Bertz CT molecular complexity index is 830. The van der Waals surface area contributed by atoms with Crippen molar-refractivity contribution in [2.45, 2.75) is 20.4 Å². The molecular formula is C21H22ClNO3. The van der Waals surface area contributed by atoms with Crippen molar-refractivity contribution in [3.8, 4) is 0 Å². The number of halogens is 1. The van der Waals surface area contributed by atoms with Crippen LogP contribution in [0.25, 0.3) is 6.08 Å². The van der Waals surface area contributed by atoms with Crippen LogP contribution in [-0.2, 0) is 20.9 Å². The number of hydrogen-bond acceptors (Lipinski definition) is 3. The summed E-state index contributed by atoms with van der Waals surface area (Å²) in [5, 5.41) is 0.587. The predicted octanol–water partition coefficient (Wildman–Crippen LogP) is 4.17. The van der Waals surface area contributed by atoms with Crippen molar-refractivity contribution in [3.05, 3.63) is 75.8 Å². The number of benzene rings is 2. The lowest BCUT2D eigenvalue weighted by Crippen LogP contribution is -2.30. The molecule has 0 radical (unpaired) electrons. The molecule has 0 unspecified atom stereocenters. The van der Waals surface area contributed by atoms with Crippen molar-refractivity contribution in [1.82, 2.24) is 4.90 Å². The molecule has 0 bridgehead atoms. The van der Waals surface area contributed by atoms with Gasteiger partial charge in [-0.15, -0.1) is 0 Å². The Hall–Kier alpha value is -2.59. The van der Waals surface area contributed by atoms with Crippen molar-refractivity contribution >= 4 is 29.6 Å². The maximum atomic E-state index is 12.2. The summed E-state index contributed by atoms with van der Waals surface area (Å²) in [6.45, 7) is 4.23. The second kappa shape index (κ2) is 9.20. The van der Waals surface area contributed by atoms with Gasteiger partial charge in [0.25, 0.3) is 5.91 Å². The largest absolute Gasteiger partial charge is 0.452 e. The van der Waals surface area contributed by atoms with E-state index in [1.165, 1.54) is 11.6 Å². The number of ether oxygens (including phenoxy) is 1. The highest BCUT2D eigenvalue weighted by Gasteiger charge is 2.12. The van der Waals surface area contributed by atoms with Crippen LogP contribution in [-0.4, -0.2) is 30.4 Å². The summed E-state index contributed by atoms with van der Waals surface area (Å²) in [6, 6.07) is 13.2. The first-order chi connectivity index (χ1) is 12.3. The van der Waals surface area contributed by atoms with Gasteiger partial charge in [0.1, 0.15) is 0 Å². The van der Waals surface area contributed by atoms with Gasteiger partial charge in [-0.2, -0.15) is 0 Å². The lowest BCUT2D eigenvalue weighted by molar-refractivity contribution is -0.147. The molecule has 0 fully saturated rings. The Morgan fingerprint density at radius 2 is 1.92 bits per heavy atom. The van der Waals surface area contributed by atoms with Crippen LogP contribution in [0.2, 0.25) is 5.02 Å². The Morgan fingerprint density at radius 3 is 2.62 bits per heavy atom. The topological polar surface area (TPSA) is 46.6 Å². The second-order valence-electron chi connectivity index (χ2n) is 6.18. The quantitative estimate of drug-likeness (QED) is 0.565. The maximum absolute atomic E-state index is 12.2. The number of aryl methyl sites for hydroxylation is 2. The molecule has 5 heteroatoms. The molecule has 0 heterocycles. The van der Waals surface area contributed by atoms with E-state index in [1.54, 1.807) is 36.2 Å². The number of carbonyl (C=O) groups is 2. The van der Waals surface area contributed by atoms with Crippen molar-refractivity contribution in [1.29, 1.82) is 0 Å². The lowest BCUT2D eigenvalue weighted by Gasteiger charge is -2.18. The number of hydrogen-bond donors (Lipinski definition) is 0. The van der Waals surface area contributed by atoms with E-state index >= 15 is 0 Å². The third-order valence-corrected chi connectivity index (χ3v) is 4.16. The number of rotatable bonds is 6. The van der Waals surface area contributed by atoms with Crippen molar-refractivity contribution in [2.75, 3.05) is 13.7 Å². The van der Waals surface area contributed by atoms with Gasteiger partial charge in [0.2, 0.25) is 0 Å². The first kappa shape index (κ1) is 19.7. The molecule has 26 heavy (non-hydrogen) atoms. The normalized spacial score (nSPS) is 10.8. The molecule has 0 atom stereocenters. The molecular weight excluding hydrogens is 350 g/mol. The van der Waals surface area contributed by atoms with Crippen LogP contribution in [0, 0.1) is 13.8 Å². The highest BCUT2D eigenvalue weighted by molar-refractivity contribution is 6.30. The lowest BCUT2D eigenvalue weighted by atomic mass is 10.1. The molecule has 2 aromatic rings. The van der Waals surface area contributed by atoms with Crippen LogP contribution in [0.1, 0.15) is 22.3 Å². The molecule has 2 rings (SSSR count). The summed E-state index contributed by atoms with van der Waals surface area (Å²) >= 11 is 5.88. The van der Waals surface area contributed by atoms with E-state index in [4.69, 9.17) is 16.3 Å². The zero-order chi connectivity index (χ0) is 19.1. The molecule has 1 amide bonds. The van der Waals surface area contributed by atoms with Gasteiger partial charge in [-0.25, -0.2) is 4.79 Å². The van der Waals surface area contributed by atoms with Gasteiger partial charge < -0.3 is 9.64 Å². The van der Waals surface area contributed by atoms with E-state index in [0.717, 1.165) is 16.7 Å². The smallest absolute Gasteiger partial charge is 0.331 e. The number of likely N-dealkylation sites (N-methyl/N-ethyl adjacent to an activating group) is 1. The number of amides is 1. The molecule has 0 saturated carbocycles. The van der Waals surface area contributed by atoms with Crippen LogP contribution >= 0.6 is 11.6 Å². The van der Waals surface area contributed by atoms with Crippen LogP contribution < -0.4 is 0 Å². The van der Waals surface area contributed by atoms with Crippen LogP contribution in [0.5, 0.6) is 0 Å². The van der Waals surface area contributed by atoms with E-state index in [0.29, 0.717) is 11.6 Å². The third kappa shape index (κ3) is 6.05. The summed E-state index contributed by atoms with van der Waals surface area (Å²) in [4.78, 5) is 25.5. The van der Waals surface area contributed by atoms with Crippen LogP contribution in [0.4, 0.5) is 0 Å². The van der Waals surface area contributed by atoms with E-state index in [-0.39, 0.29) is 12.5 Å². The summed E-state index contributed by atoms with van der Waals surface area (Å²) in [6.07, 6.45) is 2.88. The van der Waals surface area contributed by atoms with Crippen LogP contribution in [0.15, 0.2) is 48.5 Å². The van der Waals surface area contributed by atoms with Gasteiger partial charge in [0.05, 0.1) is 0 Å². The molecule has 4 nitrogen and oxygen atoms in total. The van der Waals surface area contributed by atoms with E-state index < -0.39 is 5.97 Å². The summed E-state index contributed by atoms with van der Waals surface area (Å²) in [5.41, 5.74) is 4.16. The minimum Gasteiger partial charge on any atom is -0.452 e. The predicted molar refractivity (Wildman–Crippen MR) is 104 cm³/mol. The van der Waals surface area contributed by atoms with Crippen molar-refractivity contribution in [2.24, 2.45) is 0 Å². The summed E-state index contributed by atoms with van der Waals surface area (Å²) in [7, 11) is 1.69. The van der Waals surface area contributed by atoms with Gasteiger partial charge in [-0.3, -0.25) is 4.79 Å². The number of carbonyl (C=O) groups excluding carboxylic acids is 2. The van der Waals surface area contributed by atoms with Gasteiger partial charge in [0.15, 0.2) is 6.61 Å². The molecule has 0 saturated heterocycles. The molecule has 0 aliphatic heterocycles. The molecule has 0 N–H and O–H groups in total. The molecule has 0 aliphatic carbocycles. The van der Waals surface area contributed by atoms with Gasteiger partial charge in [-0.05, 0) is 48.7 Å². The Balaban J connectivity index is 1.84. The van der Waals surface area contributed by atoms with Crippen molar-refractivity contribution < 1.29 is 14.3 Å². The zero-order valence-electron chi connectivity index (χ0n) is 15.2. The third-order valence-electron chi connectivity index (χ3n) is 3.93. The molecule has 2 aromatic carbocycles. The van der Waals surface area contributed by atoms with E-state index in [9.17, 15) is 9.59 Å². The Kier molecular flexibility index (Phi) is 6.98. The average Bonchev–Trinajstić information content (AvgIpc) is 2.60. The Morgan fingerprint density at radius 1 is 1.15 bits per heavy atom. The monoisotopic (exact) mass is 371 g/mol. The fourth-order valence-corrected chi connectivity index (χ4v) is 2.63. The average molecular weight is 372 g/mol. The molecule has 136 valence electrons. The van der Waals surface area contributed by atoms with Crippen molar-refractivity contribution in [3.63, 3.8) is 0 Å². The first-order valence-electron chi connectivity index (χ1n) is 8.25. The fraction of sp³-hybridized carbons (Fsp3) is 0.238. The Labute approximate surface area is 159 Å². The minimum atomic E-state index is -0.571. The SMILES string of the molecule is Cc1ccc(CN(C)C(=O)COC(=O)/C=C/c2cccc(Cl)c2)c(C)c1. The second-order valence-corrected chi connectivity index (χ2v) is 6.61. The van der Waals surface area contributed by atoms with Gasteiger partial charge in [-0.1, -0.05) is 47.5 Å². The summed E-state index contributed by atoms with van der Waals surface area (Å²) in [5.74, 6) is -0.826. The number of nitrogens with zero attached hydrogens (tertiary/aromatic N) is 1. The van der Waals surface area contributed by atoms with Gasteiger partial charge in [0, 0.05) is 24.7 Å².